The maximum atomic E-state index is 12.6. The smallest absolute Gasteiger partial charge is 0.255 e. The van der Waals surface area contributed by atoms with Gasteiger partial charge in [-0.25, -0.2) is 18.1 Å². The molecule has 0 fully saturated rings. The average Bonchev–Trinajstić information content (AvgIpc) is 3.25. The van der Waals surface area contributed by atoms with Crippen molar-refractivity contribution in [3.8, 4) is 5.75 Å². The number of halogens is 1. The van der Waals surface area contributed by atoms with Gasteiger partial charge in [0, 0.05) is 36.1 Å². The number of ether oxygens (including phenoxy) is 1. The van der Waals surface area contributed by atoms with Crippen LogP contribution >= 0.6 is 11.6 Å². The third kappa shape index (κ3) is 5.59. The Morgan fingerprint density at radius 1 is 1.20 bits per heavy atom. The first kappa shape index (κ1) is 21.8. The molecule has 0 atom stereocenters. The van der Waals surface area contributed by atoms with E-state index in [0.29, 0.717) is 29.3 Å². The molecule has 3 aromatic rings. The first-order chi connectivity index (χ1) is 14.4. The molecular formula is C20H21ClN4O4S. The normalized spacial score (nSPS) is 11.3. The number of aryl methyl sites for hydroxylation is 1. The van der Waals surface area contributed by atoms with Crippen LogP contribution in [0.25, 0.3) is 0 Å². The van der Waals surface area contributed by atoms with E-state index in [9.17, 15) is 13.2 Å². The second kappa shape index (κ2) is 9.75. The van der Waals surface area contributed by atoms with Crippen molar-refractivity contribution in [2.24, 2.45) is 0 Å². The van der Waals surface area contributed by atoms with Crippen LogP contribution in [0.4, 0.5) is 5.69 Å². The SMILES string of the molecule is COc1ccc(S(=O)(=O)NCCCn2ccnc2)cc1NC(=O)c1ccc(Cl)cc1. The number of benzene rings is 2. The Morgan fingerprint density at radius 2 is 1.97 bits per heavy atom. The van der Waals surface area contributed by atoms with Crippen LogP contribution in [0.2, 0.25) is 5.02 Å². The molecule has 0 saturated carbocycles. The van der Waals surface area contributed by atoms with Crippen LogP contribution < -0.4 is 14.8 Å². The van der Waals surface area contributed by atoms with Gasteiger partial charge in [0.2, 0.25) is 10.0 Å². The van der Waals surface area contributed by atoms with Gasteiger partial charge in [-0.3, -0.25) is 4.79 Å². The standard InChI is InChI=1S/C20H21ClN4O4S/c1-29-19-8-7-17(30(27,28)23-9-2-11-25-12-10-22-14-25)13-18(19)24-20(26)15-3-5-16(21)6-4-15/h3-8,10,12-14,23H,2,9,11H2,1H3,(H,24,26). The summed E-state index contributed by atoms with van der Waals surface area (Å²) >= 11 is 5.85. The highest BCUT2D eigenvalue weighted by Gasteiger charge is 2.18. The molecule has 0 spiro atoms. The summed E-state index contributed by atoms with van der Waals surface area (Å²) < 4.78 is 35.0. The molecule has 0 radical (unpaired) electrons. The molecule has 0 bridgehead atoms. The van der Waals surface area contributed by atoms with Crippen LogP contribution in [-0.2, 0) is 16.6 Å². The van der Waals surface area contributed by atoms with E-state index in [4.69, 9.17) is 16.3 Å². The van der Waals surface area contributed by atoms with Crippen molar-refractivity contribution in [2.75, 3.05) is 19.0 Å². The van der Waals surface area contributed by atoms with Gasteiger partial charge in [0.15, 0.2) is 0 Å². The Kier molecular flexibility index (Phi) is 7.09. The molecule has 0 aliphatic carbocycles. The molecule has 0 unspecified atom stereocenters. The summed E-state index contributed by atoms with van der Waals surface area (Å²) in [6.45, 7) is 0.909. The lowest BCUT2D eigenvalue weighted by atomic mass is 10.2. The van der Waals surface area contributed by atoms with Gasteiger partial charge in [0.1, 0.15) is 5.75 Å². The number of anilines is 1. The van der Waals surface area contributed by atoms with Crippen molar-refractivity contribution in [3.63, 3.8) is 0 Å². The van der Waals surface area contributed by atoms with E-state index < -0.39 is 15.9 Å². The number of imidazole rings is 1. The molecule has 8 nitrogen and oxygen atoms in total. The van der Waals surface area contributed by atoms with Crippen molar-refractivity contribution in [1.29, 1.82) is 0 Å². The molecule has 30 heavy (non-hydrogen) atoms. The predicted molar refractivity (Wildman–Crippen MR) is 114 cm³/mol. The molecule has 1 aromatic heterocycles. The van der Waals surface area contributed by atoms with Crippen LogP contribution in [0, 0.1) is 0 Å². The zero-order valence-electron chi connectivity index (χ0n) is 16.2. The molecule has 1 heterocycles. The van der Waals surface area contributed by atoms with Crippen LogP contribution in [-0.4, -0.2) is 37.5 Å². The maximum Gasteiger partial charge on any atom is 0.255 e. The topological polar surface area (TPSA) is 102 Å². The van der Waals surface area contributed by atoms with Crippen molar-refractivity contribution in [1.82, 2.24) is 14.3 Å². The number of rotatable bonds is 9. The Hall–Kier alpha value is -2.88. The lowest BCUT2D eigenvalue weighted by Gasteiger charge is -2.13. The summed E-state index contributed by atoms with van der Waals surface area (Å²) in [7, 11) is -2.31. The maximum absolute atomic E-state index is 12.6. The summed E-state index contributed by atoms with van der Waals surface area (Å²) in [6, 6.07) is 10.6. The Balaban J connectivity index is 1.70. The summed E-state index contributed by atoms with van der Waals surface area (Å²) in [5.41, 5.74) is 0.631. The van der Waals surface area contributed by atoms with E-state index >= 15 is 0 Å². The van der Waals surface area contributed by atoms with Crippen LogP contribution in [0.5, 0.6) is 5.75 Å². The summed E-state index contributed by atoms with van der Waals surface area (Å²) in [6.07, 6.45) is 5.76. The first-order valence-corrected chi connectivity index (χ1v) is 11.0. The molecular weight excluding hydrogens is 428 g/mol. The monoisotopic (exact) mass is 448 g/mol. The molecule has 0 saturated heterocycles. The second-order valence-electron chi connectivity index (χ2n) is 6.37. The number of hydrogen-bond acceptors (Lipinski definition) is 5. The quantitative estimate of drug-likeness (QED) is 0.489. The van der Waals surface area contributed by atoms with Crippen molar-refractivity contribution in [3.05, 3.63) is 71.8 Å². The van der Waals surface area contributed by atoms with Crippen molar-refractivity contribution in [2.45, 2.75) is 17.9 Å². The molecule has 3 rings (SSSR count). The zero-order chi connectivity index (χ0) is 21.6. The number of carbonyl (C=O) groups excluding carboxylic acids is 1. The van der Waals surface area contributed by atoms with Crippen LogP contribution in [0.3, 0.4) is 0 Å². The van der Waals surface area contributed by atoms with Gasteiger partial charge in [-0.05, 0) is 48.9 Å². The first-order valence-electron chi connectivity index (χ1n) is 9.09. The highest BCUT2D eigenvalue weighted by molar-refractivity contribution is 7.89. The number of nitrogens with one attached hydrogen (secondary N) is 2. The number of hydrogen-bond donors (Lipinski definition) is 2. The largest absolute Gasteiger partial charge is 0.495 e. The molecule has 158 valence electrons. The Bertz CT molecular complexity index is 1100. The number of aromatic nitrogens is 2. The van der Waals surface area contributed by atoms with E-state index in [2.05, 4.69) is 15.0 Å². The van der Waals surface area contributed by atoms with Crippen LogP contribution in [0.15, 0.2) is 66.1 Å². The molecule has 0 aliphatic rings. The fourth-order valence-corrected chi connectivity index (χ4v) is 3.94. The zero-order valence-corrected chi connectivity index (χ0v) is 17.8. The number of carbonyl (C=O) groups is 1. The van der Waals surface area contributed by atoms with E-state index in [0.717, 1.165) is 0 Å². The predicted octanol–water partition coefficient (Wildman–Crippen LogP) is 3.17. The fourth-order valence-electron chi connectivity index (χ4n) is 2.72. The summed E-state index contributed by atoms with van der Waals surface area (Å²) in [5, 5.41) is 3.20. The van der Waals surface area contributed by atoms with E-state index in [1.807, 2.05) is 10.8 Å². The molecule has 1 amide bonds. The minimum Gasteiger partial charge on any atom is -0.495 e. The lowest BCUT2D eigenvalue weighted by molar-refractivity contribution is 0.102. The van der Waals surface area contributed by atoms with E-state index in [1.165, 1.54) is 25.3 Å². The second-order valence-corrected chi connectivity index (χ2v) is 8.58. The molecule has 0 aliphatic heterocycles. The Morgan fingerprint density at radius 3 is 2.63 bits per heavy atom. The van der Waals surface area contributed by atoms with Crippen molar-refractivity contribution < 1.29 is 17.9 Å². The van der Waals surface area contributed by atoms with Crippen molar-refractivity contribution >= 4 is 33.2 Å². The lowest BCUT2D eigenvalue weighted by Crippen LogP contribution is -2.25. The fraction of sp³-hybridized carbons (Fsp3) is 0.200. The third-order valence-corrected chi connectivity index (χ3v) is 5.99. The highest BCUT2D eigenvalue weighted by atomic mass is 35.5. The minimum absolute atomic E-state index is 0.0253. The minimum atomic E-state index is -3.75. The molecule has 10 heteroatoms. The van der Waals surface area contributed by atoms with E-state index in [-0.39, 0.29) is 17.1 Å². The van der Waals surface area contributed by atoms with Gasteiger partial charge < -0.3 is 14.6 Å². The number of methoxy groups -OCH3 is 1. The number of amides is 1. The Labute approximate surface area is 179 Å². The summed E-state index contributed by atoms with van der Waals surface area (Å²) in [5.74, 6) is -0.0656. The highest BCUT2D eigenvalue weighted by Crippen LogP contribution is 2.28. The van der Waals surface area contributed by atoms with E-state index in [1.54, 1.807) is 36.8 Å². The van der Waals surface area contributed by atoms with Gasteiger partial charge in [-0.2, -0.15) is 0 Å². The van der Waals surface area contributed by atoms with Gasteiger partial charge >= 0.3 is 0 Å². The van der Waals surface area contributed by atoms with Crippen LogP contribution in [0.1, 0.15) is 16.8 Å². The summed E-state index contributed by atoms with van der Waals surface area (Å²) in [4.78, 5) is 16.5. The van der Waals surface area contributed by atoms with Gasteiger partial charge in [0.25, 0.3) is 5.91 Å². The third-order valence-electron chi connectivity index (χ3n) is 4.28. The average molecular weight is 449 g/mol. The molecule has 2 aromatic carbocycles. The van der Waals surface area contributed by atoms with Gasteiger partial charge in [-0.1, -0.05) is 11.6 Å². The molecule has 2 N–H and O–H groups in total. The van der Waals surface area contributed by atoms with Gasteiger partial charge in [0.05, 0.1) is 24.0 Å². The number of sulfonamides is 1. The number of nitrogens with zero attached hydrogens (tertiary/aromatic N) is 2. The van der Waals surface area contributed by atoms with Gasteiger partial charge in [-0.15, -0.1) is 0 Å².